The zero-order valence-corrected chi connectivity index (χ0v) is 17.8. The van der Waals surface area contributed by atoms with E-state index in [1.807, 2.05) is 0 Å². The number of aromatic hydroxyl groups is 1. The van der Waals surface area contributed by atoms with Crippen LogP contribution < -0.4 is 9.64 Å². The summed E-state index contributed by atoms with van der Waals surface area (Å²) in [6.07, 6.45) is 0. The summed E-state index contributed by atoms with van der Waals surface area (Å²) >= 11 is 6.05. The molecule has 0 aliphatic carbocycles. The van der Waals surface area contributed by atoms with E-state index in [9.17, 15) is 28.6 Å². The van der Waals surface area contributed by atoms with Gasteiger partial charge < -0.3 is 14.9 Å². The first kappa shape index (κ1) is 22.3. The van der Waals surface area contributed by atoms with E-state index in [2.05, 4.69) is 0 Å². The monoisotopic (exact) mass is 471 g/mol. The first-order chi connectivity index (χ1) is 15.7. The molecule has 0 spiro atoms. The molecule has 33 heavy (non-hydrogen) atoms. The molecule has 1 saturated heterocycles. The van der Waals surface area contributed by atoms with Gasteiger partial charge in [0.2, 0.25) is 0 Å². The van der Waals surface area contributed by atoms with Gasteiger partial charge in [0.1, 0.15) is 17.3 Å². The second-order valence-electron chi connectivity index (χ2n) is 7.21. The lowest BCUT2D eigenvalue weighted by atomic mass is 9.95. The molecule has 0 aromatic heterocycles. The van der Waals surface area contributed by atoms with Gasteiger partial charge in [0.05, 0.1) is 23.7 Å². The van der Waals surface area contributed by atoms with Crippen LogP contribution in [-0.2, 0) is 9.59 Å². The number of hydrogen-bond donors (Lipinski definition) is 2. The number of amides is 1. The summed E-state index contributed by atoms with van der Waals surface area (Å²) in [5, 5.41) is 20.8. The molecular weight excluding hydrogens is 456 g/mol. The van der Waals surface area contributed by atoms with Gasteiger partial charge in [0.25, 0.3) is 11.7 Å². The van der Waals surface area contributed by atoms with E-state index < -0.39 is 35.1 Å². The first-order valence-corrected chi connectivity index (χ1v) is 9.99. The van der Waals surface area contributed by atoms with Gasteiger partial charge in [-0.1, -0.05) is 29.8 Å². The number of carbonyl (C=O) groups excluding carboxylic acids is 2. The van der Waals surface area contributed by atoms with Crippen LogP contribution in [0.1, 0.15) is 17.2 Å². The fraction of sp³-hybridized carbons (Fsp3) is 0.0833. The zero-order chi connectivity index (χ0) is 23.9. The molecular formula is C24H16ClF2NO5. The lowest BCUT2D eigenvalue weighted by molar-refractivity contribution is -0.132. The van der Waals surface area contributed by atoms with Crippen LogP contribution in [0.2, 0.25) is 5.02 Å². The fourth-order valence-electron chi connectivity index (χ4n) is 3.67. The maximum absolute atomic E-state index is 14.0. The lowest BCUT2D eigenvalue weighted by Gasteiger charge is -2.25. The number of nitrogens with zero attached hydrogens (tertiary/aromatic N) is 1. The molecule has 1 heterocycles. The number of Topliss-reactive ketones (excluding diaryl/α,β-unsaturated/α-hetero) is 1. The molecule has 3 aromatic carbocycles. The number of hydrogen-bond acceptors (Lipinski definition) is 5. The van der Waals surface area contributed by atoms with Crippen LogP contribution in [0, 0.1) is 11.6 Å². The number of rotatable bonds is 4. The van der Waals surface area contributed by atoms with Crippen molar-refractivity contribution in [3.05, 3.63) is 94.0 Å². The maximum Gasteiger partial charge on any atom is 0.300 e. The van der Waals surface area contributed by atoms with Gasteiger partial charge in [0.15, 0.2) is 11.6 Å². The lowest BCUT2D eigenvalue weighted by Crippen LogP contribution is -2.29. The van der Waals surface area contributed by atoms with Crippen molar-refractivity contribution in [2.75, 3.05) is 12.0 Å². The quantitative estimate of drug-likeness (QED) is 0.319. The number of phenols is 1. The number of methoxy groups -OCH3 is 1. The number of anilines is 1. The second kappa shape index (κ2) is 8.55. The van der Waals surface area contributed by atoms with Gasteiger partial charge in [-0.3, -0.25) is 14.5 Å². The standard InChI is InChI=1S/C24H16ClF2NO5/c1-33-15-4-2-3-13(9-15)22(30)20-21(12-5-8-19(29)16(25)10-12)28(24(32)23(20)31)14-6-7-17(26)18(27)11-14/h2-11,21,29-30H,1H3/b22-20+. The van der Waals surface area contributed by atoms with Crippen LogP contribution >= 0.6 is 11.6 Å². The van der Waals surface area contributed by atoms with E-state index in [0.717, 1.165) is 23.1 Å². The van der Waals surface area contributed by atoms with Crippen molar-refractivity contribution in [3.8, 4) is 11.5 Å². The van der Waals surface area contributed by atoms with Crippen LogP contribution in [0.3, 0.4) is 0 Å². The van der Waals surface area contributed by atoms with E-state index in [4.69, 9.17) is 16.3 Å². The van der Waals surface area contributed by atoms with Crippen LogP contribution in [0.25, 0.3) is 5.76 Å². The highest BCUT2D eigenvalue weighted by Gasteiger charge is 2.47. The van der Waals surface area contributed by atoms with Crippen molar-refractivity contribution in [2.45, 2.75) is 6.04 Å². The molecule has 1 aliphatic rings. The Morgan fingerprint density at radius 3 is 2.45 bits per heavy atom. The molecule has 1 unspecified atom stereocenters. The van der Waals surface area contributed by atoms with Gasteiger partial charge in [-0.2, -0.15) is 0 Å². The van der Waals surface area contributed by atoms with Gasteiger partial charge in [-0.25, -0.2) is 8.78 Å². The molecule has 2 N–H and O–H groups in total. The molecule has 6 nitrogen and oxygen atoms in total. The summed E-state index contributed by atoms with van der Waals surface area (Å²) in [7, 11) is 1.43. The summed E-state index contributed by atoms with van der Waals surface area (Å²) in [5.74, 6) is -4.77. The van der Waals surface area contributed by atoms with Gasteiger partial charge >= 0.3 is 0 Å². The normalized spacial score (nSPS) is 17.5. The Morgan fingerprint density at radius 2 is 1.79 bits per heavy atom. The first-order valence-electron chi connectivity index (χ1n) is 9.61. The number of phenolic OH excluding ortho intramolecular Hbond substituents is 1. The molecule has 1 atom stereocenters. The third kappa shape index (κ3) is 3.89. The Labute approximate surface area is 191 Å². The largest absolute Gasteiger partial charge is 0.507 e. The van der Waals surface area contributed by atoms with Crippen molar-refractivity contribution in [2.24, 2.45) is 0 Å². The van der Waals surface area contributed by atoms with Crippen LogP contribution in [0.5, 0.6) is 11.5 Å². The third-order valence-corrected chi connectivity index (χ3v) is 5.56. The predicted molar refractivity (Wildman–Crippen MR) is 117 cm³/mol. The Kier molecular flexibility index (Phi) is 5.78. The number of aliphatic hydroxyl groups excluding tert-OH is 1. The number of aliphatic hydroxyl groups is 1. The average Bonchev–Trinajstić information content (AvgIpc) is 3.07. The number of carbonyl (C=O) groups is 2. The summed E-state index contributed by atoms with van der Waals surface area (Å²) < 4.78 is 32.7. The van der Waals surface area contributed by atoms with Crippen molar-refractivity contribution < 1.29 is 33.3 Å². The highest BCUT2D eigenvalue weighted by atomic mass is 35.5. The molecule has 1 fully saturated rings. The van der Waals surface area contributed by atoms with Gasteiger partial charge in [-0.15, -0.1) is 0 Å². The van der Waals surface area contributed by atoms with Crippen LogP contribution in [-0.4, -0.2) is 29.0 Å². The SMILES string of the molecule is COc1cccc(/C(O)=C2\C(=O)C(=O)N(c3ccc(F)c(F)c3)C2c2ccc(O)c(Cl)c2)c1. The second-order valence-corrected chi connectivity index (χ2v) is 7.62. The van der Waals surface area contributed by atoms with Crippen molar-refractivity contribution in [1.29, 1.82) is 0 Å². The molecule has 9 heteroatoms. The van der Waals surface area contributed by atoms with E-state index in [1.54, 1.807) is 12.1 Å². The van der Waals surface area contributed by atoms with Crippen molar-refractivity contribution in [1.82, 2.24) is 0 Å². The molecule has 168 valence electrons. The Morgan fingerprint density at radius 1 is 1.03 bits per heavy atom. The molecule has 0 bridgehead atoms. The minimum absolute atomic E-state index is 0.0650. The zero-order valence-electron chi connectivity index (χ0n) is 17.1. The number of halogens is 3. The van der Waals surface area contributed by atoms with E-state index in [1.165, 1.54) is 37.4 Å². The maximum atomic E-state index is 14.0. The minimum Gasteiger partial charge on any atom is -0.507 e. The molecule has 4 rings (SSSR count). The average molecular weight is 472 g/mol. The van der Waals surface area contributed by atoms with E-state index in [-0.39, 0.29) is 33.2 Å². The summed E-state index contributed by atoms with van der Waals surface area (Å²) in [6.45, 7) is 0. The molecule has 3 aromatic rings. The number of benzene rings is 3. The summed E-state index contributed by atoms with van der Waals surface area (Å²) in [5.41, 5.74) is 0.0633. The third-order valence-electron chi connectivity index (χ3n) is 5.26. The number of ether oxygens (including phenoxy) is 1. The van der Waals surface area contributed by atoms with E-state index in [0.29, 0.717) is 5.75 Å². The topological polar surface area (TPSA) is 87.1 Å². The highest BCUT2D eigenvalue weighted by Crippen LogP contribution is 2.43. The Bertz CT molecular complexity index is 1320. The van der Waals surface area contributed by atoms with Gasteiger partial charge in [-0.05, 0) is 42.0 Å². The Hall–Kier alpha value is -3.91. The fourth-order valence-corrected chi connectivity index (χ4v) is 3.86. The van der Waals surface area contributed by atoms with Crippen LogP contribution in [0.15, 0.2) is 66.2 Å². The molecule has 1 aliphatic heterocycles. The summed E-state index contributed by atoms with van der Waals surface area (Å²) in [4.78, 5) is 27.0. The smallest absolute Gasteiger partial charge is 0.300 e. The van der Waals surface area contributed by atoms with Crippen LogP contribution in [0.4, 0.5) is 14.5 Å². The minimum atomic E-state index is -1.24. The Balaban J connectivity index is 1.97. The van der Waals surface area contributed by atoms with Gasteiger partial charge in [0, 0.05) is 17.3 Å². The van der Waals surface area contributed by atoms with Crippen molar-refractivity contribution in [3.63, 3.8) is 0 Å². The van der Waals surface area contributed by atoms with Crippen molar-refractivity contribution >= 4 is 34.7 Å². The summed E-state index contributed by atoms with van der Waals surface area (Å²) in [6, 6.07) is 11.7. The molecule has 0 saturated carbocycles. The highest BCUT2D eigenvalue weighted by molar-refractivity contribution is 6.51. The number of ketones is 1. The van der Waals surface area contributed by atoms with E-state index >= 15 is 0 Å². The molecule has 1 amide bonds. The predicted octanol–water partition coefficient (Wildman–Crippen LogP) is 4.96. The molecule has 0 radical (unpaired) electrons.